The average Bonchev–Trinajstić information content (AvgIpc) is 2.72. The quantitative estimate of drug-likeness (QED) is 0.847. The lowest BCUT2D eigenvalue weighted by Crippen LogP contribution is -2.24. The minimum atomic E-state index is -0.810. The van der Waals surface area contributed by atoms with Gasteiger partial charge in [-0.25, -0.2) is 0 Å². The van der Waals surface area contributed by atoms with Crippen molar-refractivity contribution in [3.63, 3.8) is 0 Å². The van der Waals surface area contributed by atoms with Gasteiger partial charge in [-0.2, -0.15) is 0 Å². The van der Waals surface area contributed by atoms with Crippen LogP contribution in [0.25, 0.3) is 0 Å². The monoisotopic (exact) mass is 267 g/mol. The molecule has 0 bridgehead atoms. The summed E-state index contributed by atoms with van der Waals surface area (Å²) >= 11 is 0. The van der Waals surface area contributed by atoms with Crippen LogP contribution in [-0.4, -0.2) is 28.9 Å². The van der Waals surface area contributed by atoms with Crippen LogP contribution in [0.1, 0.15) is 37.9 Å². The summed E-state index contributed by atoms with van der Waals surface area (Å²) in [5, 5.41) is 10.3. The molecule has 2 aromatic rings. The van der Waals surface area contributed by atoms with E-state index >= 15 is 0 Å². The lowest BCUT2D eigenvalue weighted by molar-refractivity contribution is 0.0693. The molecule has 1 unspecified atom stereocenters. The van der Waals surface area contributed by atoms with Crippen LogP contribution in [0.3, 0.4) is 0 Å². The van der Waals surface area contributed by atoms with Gasteiger partial charge < -0.3 is 5.11 Å². The number of carbonyl (C=O) groups is 2. The van der Waals surface area contributed by atoms with Gasteiger partial charge in [-0.3, -0.25) is 14.5 Å². The second-order valence-corrected chi connectivity index (χ2v) is 4.79. The predicted octanol–water partition coefficient (Wildman–Crippen LogP) is 1.99. The number of imide groups is 1. The molecule has 0 spiro atoms. The lowest BCUT2D eigenvalue weighted by Gasteiger charge is -2.12. The lowest BCUT2D eigenvalue weighted by atomic mass is 9.98. The van der Waals surface area contributed by atoms with Crippen molar-refractivity contribution in [1.29, 1.82) is 0 Å². The Morgan fingerprint density at radius 3 is 2.25 bits per heavy atom. The molecular weight excluding hydrogens is 254 g/mol. The molecule has 0 fully saturated rings. The number of hydrogen-bond acceptors (Lipinski definition) is 3. The molecule has 1 atom stereocenters. The molecule has 4 heteroatoms. The van der Waals surface area contributed by atoms with Crippen LogP contribution in [-0.2, 0) is 0 Å². The van der Waals surface area contributed by atoms with E-state index in [2.05, 4.69) is 0 Å². The van der Waals surface area contributed by atoms with E-state index in [4.69, 9.17) is 0 Å². The molecule has 1 aliphatic rings. The number of nitrogens with zero attached hydrogens (tertiary/aromatic N) is 1. The third-order valence-electron chi connectivity index (χ3n) is 3.54. The molecule has 0 aliphatic carbocycles. The number of carbonyl (C=O) groups excluding carboxylic acids is 2. The van der Waals surface area contributed by atoms with Gasteiger partial charge in [0.2, 0.25) is 0 Å². The van der Waals surface area contributed by atoms with Crippen molar-refractivity contribution in [1.82, 2.24) is 4.90 Å². The predicted molar refractivity (Wildman–Crippen MR) is 73.4 cm³/mol. The first-order chi connectivity index (χ1) is 9.59. The number of benzene rings is 2. The van der Waals surface area contributed by atoms with Crippen molar-refractivity contribution in [2.75, 3.05) is 7.05 Å². The van der Waals surface area contributed by atoms with Crippen molar-refractivity contribution in [2.45, 2.75) is 6.10 Å². The van der Waals surface area contributed by atoms with Gasteiger partial charge in [-0.05, 0) is 23.3 Å². The molecule has 20 heavy (non-hydrogen) atoms. The molecule has 0 aromatic heterocycles. The Kier molecular flexibility index (Phi) is 2.88. The normalized spacial score (nSPS) is 15.4. The van der Waals surface area contributed by atoms with Gasteiger partial charge in [0.15, 0.2) is 0 Å². The first-order valence-electron chi connectivity index (χ1n) is 6.29. The maximum Gasteiger partial charge on any atom is 0.261 e. The maximum absolute atomic E-state index is 11.9. The Bertz CT molecular complexity index is 694. The Balaban J connectivity index is 2.03. The fourth-order valence-electron chi connectivity index (χ4n) is 2.38. The summed E-state index contributed by atoms with van der Waals surface area (Å²) in [6, 6.07) is 14.1. The van der Waals surface area contributed by atoms with Gasteiger partial charge in [0.05, 0.1) is 11.1 Å². The standard InChI is InChI=1S/C16H13NO3/c1-17-15(19)12-8-7-11(9-13(12)16(17)20)14(18)10-5-3-2-4-6-10/h2-9,14,18H,1H3. The van der Waals surface area contributed by atoms with Crippen molar-refractivity contribution in [2.24, 2.45) is 0 Å². The van der Waals surface area contributed by atoms with E-state index in [0.717, 1.165) is 10.5 Å². The zero-order valence-corrected chi connectivity index (χ0v) is 10.9. The van der Waals surface area contributed by atoms with E-state index in [1.807, 2.05) is 30.3 Å². The number of hydrogen-bond donors (Lipinski definition) is 1. The third-order valence-corrected chi connectivity index (χ3v) is 3.54. The van der Waals surface area contributed by atoms with E-state index in [-0.39, 0.29) is 11.8 Å². The Morgan fingerprint density at radius 2 is 1.55 bits per heavy atom. The van der Waals surface area contributed by atoms with E-state index in [1.54, 1.807) is 18.2 Å². The molecular formula is C16H13NO3. The van der Waals surface area contributed by atoms with E-state index in [1.165, 1.54) is 7.05 Å². The molecule has 0 radical (unpaired) electrons. The van der Waals surface area contributed by atoms with Crippen molar-refractivity contribution < 1.29 is 14.7 Å². The van der Waals surface area contributed by atoms with Crippen molar-refractivity contribution in [3.8, 4) is 0 Å². The zero-order chi connectivity index (χ0) is 14.3. The summed E-state index contributed by atoms with van der Waals surface area (Å²) in [4.78, 5) is 24.8. The summed E-state index contributed by atoms with van der Waals surface area (Å²) in [5.74, 6) is -0.627. The fourth-order valence-corrected chi connectivity index (χ4v) is 2.38. The number of fused-ring (bicyclic) bond motifs is 1. The highest BCUT2D eigenvalue weighted by Gasteiger charge is 2.33. The molecule has 1 aliphatic heterocycles. The molecule has 0 saturated heterocycles. The van der Waals surface area contributed by atoms with Gasteiger partial charge in [0.1, 0.15) is 6.10 Å². The highest BCUT2D eigenvalue weighted by molar-refractivity contribution is 6.21. The summed E-state index contributed by atoms with van der Waals surface area (Å²) in [6.45, 7) is 0. The molecule has 1 N–H and O–H groups in total. The van der Waals surface area contributed by atoms with Gasteiger partial charge in [0, 0.05) is 7.05 Å². The van der Waals surface area contributed by atoms with Crippen LogP contribution in [0.5, 0.6) is 0 Å². The van der Waals surface area contributed by atoms with Crippen molar-refractivity contribution in [3.05, 3.63) is 70.8 Å². The molecule has 1 heterocycles. The molecule has 4 nitrogen and oxygen atoms in total. The van der Waals surface area contributed by atoms with Crippen LogP contribution in [0.2, 0.25) is 0 Å². The fraction of sp³-hybridized carbons (Fsp3) is 0.125. The topological polar surface area (TPSA) is 57.6 Å². The molecule has 100 valence electrons. The number of amides is 2. The zero-order valence-electron chi connectivity index (χ0n) is 10.9. The van der Waals surface area contributed by atoms with Crippen LogP contribution in [0.15, 0.2) is 48.5 Å². The first kappa shape index (κ1) is 12.6. The average molecular weight is 267 g/mol. The Hall–Kier alpha value is -2.46. The largest absolute Gasteiger partial charge is 0.384 e. The Morgan fingerprint density at radius 1 is 0.900 bits per heavy atom. The summed E-state index contributed by atoms with van der Waals surface area (Å²) < 4.78 is 0. The van der Waals surface area contributed by atoms with Crippen LogP contribution < -0.4 is 0 Å². The number of aliphatic hydroxyl groups is 1. The van der Waals surface area contributed by atoms with Gasteiger partial charge in [-0.15, -0.1) is 0 Å². The van der Waals surface area contributed by atoms with Crippen LogP contribution >= 0.6 is 0 Å². The SMILES string of the molecule is CN1C(=O)c2ccc(C(O)c3ccccc3)cc2C1=O. The first-order valence-corrected chi connectivity index (χ1v) is 6.29. The molecule has 2 aromatic carbocycles. The molecule has 0 saturated carbocycles. The number of rotatable bonds is 2. The van der Waals surface area contributed by atoms with Gasteiger partial charge in [-0.1, -0.05) is 36.4 Å². The second kappa shape index (κ2) is 4.58. The highest BCUT2D eigenvalue weighted by atomic mass is 16.3. The summed E-state index contributed by atoms with van der Waals surface area (Å²) in [7, 11) is 1.46. The summed E-state index contributed by atoms with van der Waals surface area (Å²) in [5.41, 5.74) is 2.09. The molecule has 2 amide bonds. The van der Waals surface area contributed by atoms with E-state index in [9.17, 15) is 14.7 Å². The number of aliphatic hydroxyl groups excluding tert-OH is 1. The van der Waals surface area contributed by atoms with E-state index < -0.39 is 6.10 Å². The third kappa shape index (κ3) is 1.82. The van der Waals surface area contributed by atoms with Crippen LogP contribution in [0.4, 0.5) is 0 Å². The van der Waals surface area contributed by atoms with E-state index in [0.29, 0.717) is 16.7 Å². The van der Waals surface area contributed by atoms with Crippen molar-refractivity contribution >= 4 is 11.8 Å². The minimum absolute atomic E-state index is 0.300. The minimum Gasteiger partial charge on any atom is -0.384 e. The smallest absolute Gasteiger partial charge is 0.261 e. The maximum atomic E-state index is 11.9. The van der Waals surface area contributed by atoms with Gasteiger partial charge in [0.25, 0.3) is 11.8 Å². The van der Waals surface area contributed by atoms with Gasteiger partial charge >= 0.3 is 0 Å². The molecule has 3 rings (SSSR count). The summed E-state index contributed by atoms with van der Waals surface area (Å²) in [6.07, 6.45) is -0.810. The Labute approximate surface area is 116 Å². The second-order valence-electron chi connectivity index (χ2n) is 4.79. The van der Waals surface area contributed by atoms with Crippen LogP contribution in [0, 0.1) is 0 Å². The highest BCUT2D eigenvalue weighted by Crippen LogP contribution is 2.28.